The smallest absolute Gasteiger partial charge is 0.144 e. The Morgan fingerprint density at radius 2 is 0.848 bits per heavy atom. The van der Waals surface area contributed by atoms with Gasteiger partial charge in [-0.1, -0.05) is 282 Å². The van der Waals surface area contributed by atoms with Gasteiger partial charge in [-0.2, -0.15) is 0 Å². The van der Waals surface area contributed by atoms with Gasteiger partial charge in [0, 0.05) is 16.2 Å². The maximum absolute atomic E-state index is 14.4. The quantitative estimate of drug-likeness (QED) is 0.129. The molecule has 4 atom stereocenters. The molecule has 2 rings (SSSR count). The van der Waals surface area contributed by atoms with Crippen molar-refractivity contribution in [3.63, 3.8) is 0 Å². The van der Waals surface area contributed by atoms with Crippen LogP contribution in [0.25, 0.3) is 0 Å². The molecule has 0 amide bonds. The summed E-state index contributed by atoms with van der Waals surface area (Å²) in [6.07, 6.45) is 3.32. The average molecular weight is 912 g/mol. The molecule has 66 heavy (non-hydrogen) atoms. The number of hydrogen-bond donors (Lipinski definition) is 0. The summed E-state index contributed by atoms with van der Waals surface area (Å²) in [6.45, 7) is 79.5. The molecular weight excluding hydrogens is 797 g/mol. The van der Waals surface area contributed by atoms with Gasteiger partial charge in [-0.05, 0) is 107 Å². The fraction of sp³-hybridized carbons (Fsp3) is 0.800. The first-order valence-electron chi connectivity index (χ1n) is 26.6. The van der Waals surface area contributed by atoms with Crippen LogP contribution in [0.3, 0.4) is 0 Å². The number of rotatable bonds is 20. The van der Waals surface area contributed by atoms with Gasteiger partial charge in [0.15, 0.2) is 0 Å². The van der Waals surface area contributed by atoms with E-state index in [-0.39, 0.29) is 70.4 Å². The van der Waals surface area contributed by atoms with Gasteiger partial charge in [0.2, 0.25) is 0 Å². The summed E-state index contributed by atoms with van der Waals surface area (Å²) in [5.41, 5.74) is 0.771. The van der Waals surface area contributed by atoms with Crippen molar-refractivity contribution in [2.45, 2.75) is 252 Å². The third-order valence-corrected chi connectivity index (χ3v) is 24.6. The van der Waals surface area contributed by atoms with E-state index in [2.05, 4.69) is 282 Å². The zero-order valence-corrected chi connectivity index (χ0v) is 50.5. The average Bonchev–Trinajstić information content (AvgIpc) is 3.17. The van der Waals surface area contributed by atoms with Gasteiger partial charge < -0.3 is 0 Å². The maximum Gasteiger partial charge on any atom is 0.144 e. The topological polar surface area (TPSA) is 17.1 Å². The first-order valence-corrected chi connectivity index (χ1v) is 26.6. The molecule has 0 heterocycles. The minimum atomic E-state index is -0.531. The SMILES string of the molecule is CCC(C)(C(C)(C)C(C)(C)C(C)C(C)(C)C(C)(C)C(c1ccccc1)C(C)(C)CCC(C)(C)C(C)(c1ccccc1)C(C)(C)C)C(C)(C)C(C)(C)C(C)(C)C(C)(C)C(C)(C)C(=O)C(C)(C)C. The summed E-state index contributed by atoms with van der Waals surface area (Å²) >= 11 is 0. The number of hydrogen-bond acceptors (Lipinski definition) is 1. The van der Waals surface area contributed by atoms with E-state index in [1.807, 2.05) is 0 Å². The van der Waals surface area contributed by atoms with Crippen LogP contribution in [0.2, 0.25) is 0 Å². The standard InChI is InChI=1S/C65H114O/c1-33-64(31,63(29,30)62(27,28)61(25,26)59(21,22)58(19,20)50(66)51(3,4)5)60(23,24)56(15,16)46(2)55(13,14)57(17,18)49(47-40-36-34-37-41-47)53(9,10)44-45-54(11,12)65(32,52(6,7)8)48-42-38-35-39-43-48/h34-43,46,49H,33,44-45H2,1-32H3. The minimum Gasteiger partial charge on any atom is -0.298 e. The first kappa shape index (κ1) is 60.2. The highest BCUT2D eigenvalue weighted by atomic mass is 16.1. The summed E-state index contributed by atoms with van der Waals surface area (Å²) in [4.78, 5) is 14.4. The normalized spacial score (nSPS) is 18.1. The van der Waals surface area contributed by atoms with Crippen LogP contribution < -0.4 is 0 Å². The Hall–Kier alpha value is -1.89. The van der Waals surface area contributed by atoms with Gasteiger partial charge in [-0.15, -0.1) is 0 Å². The van der Waals surface area contributed by atoms with Crippen LogP contribution in [-0.2, 0) is 10.2 Å². The van der Waals surface area contributed by atoms with Crippen LogP contribution in [-0.4, -0.2) is 5.78 Å². The predicted octanol–water partition coefficient (Wildman–Crippen LogP) is 20.5. The molecule has 0 fully saturated rings. The van der Waals surface area contributed by atoms with Gasteiger partial charge in [-0.3, -0.25) is 4.79 Å². The molecule has 0 aliphatic heterocycles. The van der Waals surface area contributed by atoms with E-state index < -0.39 is 10.8 Å². The Bertz CT molecular complexity index is 1920. The number of benzene rings is 2. The first-order chi connectivity index (χ1) is 28.9. The number of carbonyl (C=O) groups is 1. The molecule has 2 aromatic rings. The van der Waals surface area contributed by atoms with Gasteiger partial charge in [0.25, 0.3) is 0 Å². The van der Waals surface area contributed by atoms with Crippen molar-refractivity contribution in [3.8, 4) is 0 Å². The van der Waals surface area contributed by atoms with Crippen LogP contribution in [0.5, 0.6) is 0 Å². The number of Topliss-reactive ketones (excluding diaryl/α,β-unsaturated/α-hetero) is 1. The molecule has 0 N–H and O–H groups in total. The van der Waals surface area contributed by atoms with Crippen molar-refractivity contribution in [1.82, 2.24) is 0 Å². The van der Waals surface area contributed by atoms with Gasteiger partial charge in [-0.25, -0.2) is 0 Å². The summed E-state index contributed by atoms with van der Waals surface area (Å²) < 4.78 is 0. The second-order valence-corrected chi connectivity index (χ2v) is 30.9. The highest BCUT2D eigenvalue weighted by molar-refractivity contribution is 5.89. The van der Waals surface area contributed by atoms with E-state index in [0.717, 1.165) is 19.3 Å². The zero-order chi connectivity index (χ0) is 52.6. The van der Waals surface area contributed by atoms with Crippen LogP contribution in [0, 0.1) is 81.7 Å². The fourth-order valence-electron chi connectivity index (χ4n) is 15.1. The Morgan fingerprint density at radius 3 is 1.23 bits per heavy atom. The molecule has 0 aliphatic rings. The van der Waals surface area contributed by atoms with E-state index in [0.29, 0.717) is 17.6 Å². The van der Waals surface area contributed by atoms with E-state index in [1.165, 1.54) is 11.1 Å². The molecule has 380 valence electrons. The van der Waals surface area contributed by atoms with Crippen molar-refractivity contribution in [2.24, 2.45) is 81.7 Å². The third-order valence-electron chi connectivity index (χ3n) is 24.6. The van der Waals surface area contributed by atoms with Crippen molar-refractivity contribution in [3.05, 3.63) is 71.8 Å². The second-order valence-electron chi connectivity index (χ2n) is 30.9. The molecule has 4 unspecified atom stereocenters. The molecule has 0 aliphatic carbocycles. The van der Waals surface area contributed by atoms with Crippen molar-refractivity contribution >= 4 is 5.78 Å². The maximum atomic E-state index is 14.4. The van der Waals surface area contributed by atoms with Crippen molar-refractivity contribution in [1.29, 1.82) is 0 Å². The number of carbonyl (C=O) groups excluding carboxylic acids is 1. The van der Waals surface area contributed by atoms with Crippen LogP contribution in [0.1, 0.15) is 258 Å². The van der Waals surface area contributed by atoms with Crippen LogP contribution in [0.15, 0.2) is 60.7 Å². The van der Waals surface area contributed by atoms with Gasteiger partial charge in [0.05, 0.1) is 0 Å². The third kappa shape index (κ3) is 9.05. The summed E-state index contributed by atoms with van der Waals surface area (Å²) in [5, 5.41) is 0. The molecule has 0 saturated heterocycles. The fourth-order valence-corrected chi connectivity index (χ4v) is 15.1. The van der Waals surface area contributed by atoms with Crippen molar-refractivity contribution < 1.29 is 4.79 Å². The molecule has 0 spiro atoms. The highest BCUT2D eigenvalue weighted by Gasteiger charge is 2.69. The molecule has 1 nitrogen and oxygen atoms in total. The lowest BCUT2D eigenvalue weighted by Gasteiger charge is -2.71. The molecule has 0 radical (unpaired) electrons. The summed E-state index contributed by atoms with van der Waals surface area (Å²) in [7, 11) is 0. The Morgan fingerprint density at radius 1 is 0.455 bits per heavy atom. The molecule has 2 aromatic carbocycles. The Kier molecular flexibility index (Phi) is 16.5. The summed E-state index contributed by atoms with van der Waals surface area (Å²) in [6, 6.07) is 22.9. The predicted molar refractivity (Wildman–Crippen MR) is 295 cm³/mol. The molecule has 0 aromatic heterocycles. The van der Waals surface area contributed by atoms with E-state index in [9.17, 15) is 4.79 Å². The molecule has 0 saturated carbocycles. The lowest BCUT2D eigenvalue weighted by Crippen LogP contribution is -2.66. The number of ketones is 1. The molecule has 0 bridgehead atoms. The Balaban J connectivity index is 2.84. The van der Waals surface area contributed by atoms with Crippen LogP contribution >= 0.6 is 0 Å². The minimum absolute atomic E-state index is 0.00125. The van der Waals surface area contributed by atoms with Crippen molar-refractivity contribution in [2.75, 3.05) is 0 Å². The lowest BCUT2D eigenvalue weighted by atomic mass is 9.33. The highest BCUT2D eigenvalue weighted by Crippen LogP contribution is 2.75. The lowest BCUT2D eigenvalue weighted by molar-refractivity contribution is -0.231. The van der Waals surface area contributed by atoms with Crippen LogP contribution in [0.4, 0.5) is 0 Å². The Labute approximate surface area is 414 Å². The van der Waals surface area contributed by atoms with Gasteiger partial charge in [0.1, 0.15) is 5.78 Å². The van der Waals surface area contributed by atoms with Gasteiger partial charge >= 0.3 is 0 Å². The summed E-state index contributed by atoms with van der Waals surface area (Å²) in [5.74, 6) is 1.01. The largest absolute Gasteiger partial charge is 0.298 e. The zero-order valence-electron chi connectivity index (χ0n) is 50.5. The monoisotopic (exact) mass is 911 g/mol. The second kappa shape index (κ2) is 18.1. The van der Waals surface area contributed by atoms with E-state index in [4.69, 9.17) is 0 Å². The molecular formula is C65H114O. The molecule has 1 heteroatoms. The van der Waals surface area contributed by atoms with E-state index in [1.54, 1.807) is 0 Å². The van der Waals surface area contributed by atoms with E-state index >= 15 is 0 Å².